The number of ketones is 1. The molecule has 92 valence electrons. The molecular formula is C13H16O3S. The first kappa shape index (κ1) is 13.8. The van der Waals surface area contributed by atoms with Crippen molar-refractivity contribution >= 4 is 23.5 Å². The third-order valence-electron chi connectivity index (χ3n) is 2.24. The average molecular weight is 252 g/mol. The van der Waals surface area contributed by atoms with E-state index < -0.39 is 0 Å². The van der Waals surface area contributed by atoms with Crippen LogP contribution in [0.5, 0.6) is 0 Å². The summed E-state index contributed by atoms with van der Waals surface area (Å²) in [6.07, 6.45) is 1.31. The van der Waals surface area contributed by atoms with E-state index in [0.717, 1.165) is 17.7 Å². The molecule has 0 saturated carbocycles. The van der Waals surface area contributed by atoms with Gasteiger partial charge in [-0.25, -0.2) is 0 Å². The third kappa shape index (κ3) is 5.54. The normalized spacial score (nSPS) is 9.94. The second kappa shape index (κ2) is 7.90. The highest BCUT2D eigenvalue weighted by atomic mass is 32.2. The number of benzene rings is 1. The molecule has 0 aliphatic rings. The molecule has 0 bridgehead atoms. The molecule has 0 radical (unpaired) electrons. The van der Waals surface area contributed by atoms with Gasteiger partial charge >= 0.3 is 5.97 Å². The van der Waals surface area contributed by atoms with Crippen LogP contribution in [-0.2, 0) is 9.53 Å². The number of ether oxygens (including phenoxy) is 1. The molecule has 0 unspecified atom stereocenters. The number of esters is 1. The minimum Gasteiger partial charge on any atom is -0.468 e. The lowest BCUT2D eigenvalue weighted by atomic mass is 10.1. The number of hydrogen-bond donors (Lipinski definition) is 0. The van der Waals surface area contributed by atoms with Crippen molar-refractivity contribution in [1.82, 2.24) is 0 Å². The first-order chi connectivity index (χ1) is 8.24. The Kier molecular flexibility index (Phi) is 6.40. The van der Waals surface area contributed by atoms with Gasteiger partial charge in [-0.3, -0.25) is 9.59 Å². The molecule has 0 N–H and O–H groups in total. The van der Waals surface area contributed by atoms with Crippen LogP contribution in [0.1, 0.15) is 23.2 Å². The zero-order chi connectivity index (χ0) is 12.5. The summed E-state index contributed by atoms with van der Waals surface area (Å²) in [4.78, 5) is 22.5. The quantitative estimate of drug-likeness (QED) is 0.425. The minimum atomic E-state index is -0.218. The molecule has 0 atom stereocenters. The molecule has 4 heteroatoms. The molecule has 17 heavy (non-hydrogen) atoms. The van der Waals surface area contributed by atoms with Crippen molar-refractivity contribution in [3.63, 3.8) is 0 Å². The molecule has 1 aromatic carbocycles. The lowest BCUT2D eigenvalue weighted by molar-refractivity contribution is -0.137. The van der Waals surface area contributed by atoms with Gasteiger partial charge in [-0.1, -0.05) is 30.3 Å². The molecule has 1 rings (SSSR count). The predicted molar refractivity (Wildman–Crippen MR) is 69.3 cm³/mol. The van der Waals surface area contributed by atoms with E-state index in [-0.39, 0.29) is 11.8 Å². The van der Waals surface area contributed by atoms with Crippen molar-refractivity contribution in [3.05, 3.63) is 35.9 Å². The summed E-state index contributed by atoms with van der Waals surface area (Å²) in [5.41, 5.74) is 0.755. The zero-order valence-corrected chi connectivity index (χ0v) is 10.7. The Hall–Kier alpha value is -1.29. The molecule has 0 aliphatic heterocycles. The fourth-order valence-corrected chi connectivity index (χ4v) is 2.09. The number of methoxy groups -OCH3 is 1. The van der Waals surface area contributed by atoms with Crippen molar-refractivity contribution < 1.29 is 14.3 Å². The standard InChI is InChI=1S/C13H16O3S/c1-16-13(15)10-17-9-5-8-12(14)11-6-3-2-4-7-11/h2-4,6-7H,5,8-10H2,1H3. The van der Waals surface area contributed by atoms with Crippen LogP contribution in [0.3, 0.4) is 0 Å². The molecule has 0 aliphatic carbocycles. The van der Waals surface area contributed by atoms with E-state index in [4.69, 9.17) is 0 Å². The topological polar surface area (TPSA) is 43.4 Å². The maximum absolute atomic E-state index is 11.7. The van der Waals surface area contributed by atoms with E-state index in [0.29, 0.717) is 12.2 Å². The summed E-state index contributed by atoms with van der Waals surface area (Å²) in [6, 6.07) is 9.26. The highest BCUT2D eigenvalue weighted by molar-refractivity contribution is 7.99. The van der Waals surface area contributed by atoms with Gasteiger partial charge in [-0.2, -0.15) is 11.8 Å². The SMILES string of the molecule is COC(=O)CSCCCC(=O)c1ccccc1. The van der Waals surface area contributed by atoms with Crippen LogP contribution in [0.25, 0.3) is 0 Å². The molecule has 0 fully saturated rings. The zero-order valence-electron chi connectivity index (χ0n) is 9.85. The van der Waals surface area contributed by atoms with Gasteiger partial charge < -0.3 is 4.74 Å². The number of carbonyl (C=O) groups excluding carboxylic acids is 2. The molecule has 0 saturated heterocycles. The Morgan fingerprint density at radius 3 is 2.59 bits per heavy atom. The largest absolute Gasteiger partial charge is 0.468 e. The Morgan fingerprint density at radius 1 is 1.24 bits per heavy atom. The summed E-state index contributed by atoms with van der Waals surface area (Å²) in [6.45, 7) is 0. The molecule has 0 spiro atoms. The Morgan fingerprint density at radius 2 is 1.94 bits per heavy atom. The first-order valence-electron chi connectivity index (χ1n) is 5.47. The van der Waals surface area contributed by atoms with Crippen LogP contribution < -0.4 is 0 Å². The maximum atomic E-state index is 11.7. The minimum absolute atomic E-state index is 0.157. The monoisotopic (exact) mass is 252 g/mol. The average Bonchev–Trinajstić information content (AvgIpc) is 2.38. The summed E-state index contributed by atoms with van der Waals surface area (Å²) < 4.78 is 4.52. The van der Waals surface area contributed by atoms with E-state index >= 15 is 0 Å². The lowest BCUT2D eigenvalue weighted by Crippen LogP contribution is -2.04. The second-order valence-corrected chi connectivity index (χ2v) is 4.63. The summed E-state index contributed by atoms with van der Waals surface area (Å²) in [5.74, 6) is 1.10. The molecule has 0 amide bonds. The highest BCUT2D eigenvalue weighted by Crippen LogP contribution is 2.09. The van der Waals surface area contributed by atoms with Gasteiger partial charge in [0.25, 0.3) is 0 Å². The third-order valence-corrected chi connectivity index (χ3v) is 3.25. The van der Waals surface area contributed by atoms with E-state index in [1.54, 1.807) is 0 Å². The van der Waals surface area contributed by atoms with E-state index in [2.05, 4.69) is 4.74 Å². The molecule has 0 aromatic heterocycles. The van der Waals surface area contributed by atoms with Crippen molar-refractivity contribution in [1.29, 1.82) is 0 Å². The molecule has 1 aromatic rings. The van der Waals surface area contributed by atoms with Gasteiger partial charge in [0.15, 0.2) is 5.78 Å². The number of carbonyl (C=O) groups is 2. The summed E-state index contributed by atoms with van der Waals surface area (Å²) >= 11 is 1.50. The Bertz CT molecular complexity index is 362. The first-order valence-corrected chi connectivity index (χ1v) is 6.62. The summed E-state index contributed by atoms with van der Waals surface area (Å²) in [5, 5.41) is 0. The Balaban J connectivity index is 2.15. The van der Waals surface area contributed by atoms with Gasteiger partial charge in [0.1, 0.15) is 0 Å². The van der Waals surface area contributed by atoms with Gasteiger partial charge in [0, 0.05) is 12.0 Å². The van der Waals surface area contributed by atoms with E-state index in [1.807, 2.05) is 30.3 Å². The fourth-order valence-electron chi connectivity index (χ4n) is 1.32. The van der Waals surface area contributed by atoms with Crippen LogP contribution in [0.2, 0.25) is 0 Å². The van der Waals surface area contributed by atoms with E-state index in [9.17, 15) is 9.59 Å². The van der Waals surface area contributed by atoms with Crippen LogP contribution in [0.4, 0.5) is 0 Å². The smallest absolute Gasteiger partial charge is 0.315 e. The number of Topliss-reactive ketones (excluding diaryl/α,β-unsaturated/α-hetero) is 1. The van der Waals surface area contributed by atoms with Gasteiger partial charge in [-0.15, -0.1) is 0 Å². The van der Waals surface area contributed by atoms with Crippen molar-refractivity contribution in [2.75, 3.05) is 18.6 Å². The second-order valence-electron chi connectivity index (χ2n) is 3.52. The molecular weight excluding hydrogens is 236 g/mol. The van der Waals surface area contributed by atoms with Crippen molar-refractivity contribution in [2.45, 2.75) is 12.8 Å². The van der Waals surface area contributed by atoms with Crippen LogP contribution in [0, 0.1) is 0 Å². The number of rotatable bonds is 7. The van der Waals surface area contributed by atoms with Crippen LogP contribution in [0.15, 0.2) is 30.3 Å². The molecule has 3 nitrogen and oxygen atoms in total. The number of thioether (sulfide) groups is 1. The van der Waals surface area contributed by atoms with Gasteiger partial charge in [-0.05, 0) is 12.2 Å². The highest BCUT2D eigenvalue weighted by Gasteiger charge is 2.05. The van der Waals surface area contributed by atoms with Gasteiger partial charge in [0.2, 0.25) is 0 Å². The number of hydrogen-bond acceptors (Lipinski definition) is 4. The predicted octanol–water partition coefficient (Wildman–Crippen LogP) is 2.56. The maximum Gasteiger partial charge on any atom is 0.315 e. The molecule has 0 heterocycles. The van der Waals surface area contributed by atoms with E-state index in [1.165, 1.54) is 18.9 Å². The van der Waals surface area contributed by atoms with Crippen LogP contribution >= 0.6 is 11.8 Å². The fraction of sp³-hybridized carbons (Fsp3) is 0.385. The van der Waals surface area contributed by atoms with Crippen molar-refractivity contribution in [3.8, 4) is 0 Å². The lowest BCUT2D eigenvalue weighted by Gasteiger charge is -2.01. The van der Waals surface area contributed by atoms with Crippen LogP contribution in [-0.4, -0.2) is 30.4 Å². The van der Waals surface area contributed by atoms with Gasteiger partial charge in [0.05, 0.1) is 12.9 Å². The summed E-state index contributed by atoms with van der Waals surface area (Å²) in [7, 11) is 1.38. The Labute approximate surface area is 106 Å². The van der Waals surface area contributed by atoms with Crippen molar-refractivity contribution in [2.24, 2.45) is 0 Å².